The first-order valence-corrected chi connectivity index (χ1v) is 20.8. The molecule has 0 heterocycles. The maximum atomic E-state index is 13.1. The Kier molecular flexibility index (Phi) is 3.69. The highest BCUT2D eigenvalue weighted by Crippen LogP contribution is 2.93. The molecule has 13 aromatic carbocycles. The summed E-state index contributed by atoms with van der Waals surface area (Å²) in [6, 6.07) is 26.1. The SMILES string of the molecule is COC(=O)CCCC1(c2cc(OC)ccc2OC)C23C4=c5ccc6c7ccc8c9ccc%10c%11ccc%12c%13c(c%14c%15c2c5c6c2c7c8c5c9c%10c(c%13%11)c%14c5c%152)C13C=%12C=C4. The van der Waals surface area contributed by atoms with Crippen molar-refractivity contribution >= 4 is 136 Å². The van der Waals surface area contributed by atoms with Crippen LogP contribution >= 0.6 is 0 Å². The van der Waals surface area contributed by atoms with E-state index in [0.717, 1.165) is 17.9 Å². The Hall–Kier alpha value is -6.65. The van der Waals surface area contributed by atoms with Crippen LogP contribution in [0.25, 0.3) is 130 Å². The first-order chi connectivity index (χ1) is 28.6. The van der Waals surface area contributed by atoms with Crippen LogP contribution in [0.2, 0.25) is 0 Å². The molecule has 0 saturated heterocycles. The van der Waals surface area contributed by atoms with E-state index < -0.39 is 16.2 Å². The maximum absolute atomic E-state index is 13.1. The molecule has 1 saturated carbocycles. The number of fused-ring (bicyclic) bond motifs is 3. The summed E-state index contributed by atoms with van der Waals surface area (Å²) in [6.07, 6.45) is 6.87. The molecule has 268 valence electrons. The van der Waals surface area contributed by atoms with Crippen molar-refractivity contribution in [1.82, 2.24) is 0 Å². The van der Waals surface area contributed by atoms with Gasteiger partial charge in [0.1, 0.15) is 11.5 Å². The molecule has 13 aromatic rings. The van der Waals surface area contributed by atoms with Crippen molar-refractivity contribution in [3.05, 3.63) is 106 Å². The monoisotopic (exact) mass is 740 g/mol. The number of benzene rings is 9. The van der Waals surface area contributed by atoms with Crippen LogP contribution in [0.4, 0.5) is 0 Å². The number of hydrogen-bond acceptors (Lipinski definition) is 4. The lowest BCUT2D eigenvalue weighted by atomic mass is 9.68. The maximum Gasteiger partial charge on any atom is 0.305 e. The van der Waals surface area contributed by atoms with E-state index in [4.69, 9.17) is 14.2 Å². The molecule has 5 aliphatic carbocycles. The normalized spacial score (nSPS) is 23.8. The summed E-state index contributed by atoms with van der Waals surface area (Å²) in [5.74, 6) is 1.55. The third-order valence-electron chi connectivity index (χ3n) is 17.6. The van der Waals surface area contributed by atoms with Crippen molar-refractivity contribution in [3.8, 4) is 11.5 Å². The number of allylic oxidation sites excluding steroid dienone is 2. The summed E-state index contributed by atoms with van der Waals surface area (Å²) in [5, 5.41) is 34.7. The lowest BCUT2D eigenvalue weighted by Gasteiger charge is -2.32. The Bertz CT molecular complexity index is 4140. The summed E-state index contributed by atoms with van der Waals surface area (Å²) in [7, 11) is 5.10. The largest absolute Gasteiger partial charge is 0.497 e. The second-order valence-corrected chi connectivity index (χ2v) is 18.5. The smallest absolute Gasteiger partial charge is 0.305 e. The minimum absolute atomic E-state index is 0.160. The molecule has 1 fully saturated rings. The van der Waals surface area contributed by atoms with Gasteiger partial charge in [-0.2, -0.15) is 0 Å². The topological polar surface area (TPSA) is 44.8 Å². The van der Waals surface area contributed by atoms with Gasteiger partial charge in [-0.05, 0) is 182 Å². The highest BCUT2D eigenvalue weighted by Gasteiger charge is 2.93. The van der Waals surface area contributed by atoms with Gasteiger partial charge in [0.25, 0.3) is 0 Å². The predicted octanol–water partition coefficient (Wildman–Crippen LogP) is 10.6. The van der Waals surface area contributed by atoms with Gasteiger partial charge in [0, 0.05) is 28.2 Å². The third-order valence-corrected chi connectivity index (χ3v) is 17.6. The van der Waals surface area contributed by atoms with E-state index in [2.05, 4.69) is 72.8 Å². The zero-order valence-electron chi connectivity index (χ0n) is 31.8. The van der Waals surface area contributed by atoms with Crippen LogP contribution in [0.3, 0.4) is 0 Å². The van der Waals surface area contributed by atoms with Gasteiger partial charge in [0.2, 0.25) is 0 Å². The van der Waals surface area contributed by atoms with Crippen LogP contribution in [0.15, 0.2) is 78.9 Å². The molecule has 0 amide bonds. The molecule has 4 heteroatoms. The zero-order chi connectivity index (χ0) is 37.4. The van der Waals surface area contributed by atoms with Crippen molar-refractivity contribution < 1.29 is 19.0 Å². The number of hydrogen-bond donors (Lipinski definition) is 0. The van der Waals surface area contributed by atoms with E-state index in [-0.39, 0.29) is 5.97 Å². The van der Waals surface area contributed by atoms with E-state index in [1.54, 1.807) is 7.11 Å². The second kappa shape index (κ2) is 7.68. The van der Waals surface area contributed by atoms with E-state index >= 15 is 0 Å². The molecular formula is C54H28O4. The fourth-order valence-corrected chi connectivity index (χ4v) is 16.5. The van der Waals surface area contributed by atoms with Crippen LogP contribution in [0.5, 0.6) is 11.5 Å². The Balaban J connectivity index is 1.22. The van der Waals surface area contributed by atoms with Crippen LogP contribution < -0.4 is 19.9 Å². The highest BCUT2D eigenvalue weighted by molar-refractivity contribution is 6.64. The summed E-state index contributed by atoms with van der Waals surface area (Å²) < 4.78 is 17.9. The van der Waals surface area contributed by atoms with Crippen molar-refractivity contribution in [2.24, 2.45) is 0 Å². The lowest BCUT2D eigenvalue weighted by molar-refractivity contribution is -0.140. The van der Waals surface area contributed by atoms with Crippen molar-refractivity contribution in [2.45, 2.75) is 35.5 Å². The molecule has 58 heavy (non-hydrogen) atoms. The summed E-state index contributed by atoms with van der Waals surface area (Å²) >= 11 is 0. The van der Waals surface area contributed by atoms with Crippen LogP contribution in [-0.2, 0) is 25.8 Å². The number of carbonyl (C=O) groups excluding carboxylic acids is 1. The van der Waals surface area contributed by atoms with E-state index in [9.17, 15) is 4.79 Å². The summed E-state index contributed by atoms with van der Waals surface area (Å²) in [4.78, 5) is 13.1. The predicted molar refractivity (Wildman–Crippen MR) is 234 cm³/mol. The van der Waals surface area contributed by atoms with Crippen molar-refractivity contribution in [3.63, 3.8) is 0 Å². The molecule has 0 bridgehead atoms. The Morgan fingerprint density at radius 2 is 0.948 bits per heavy atom. The average molecular weight is 741 g/mol. The molecule has 2 atom stereocenters. The molecule has 5 aliphatic rings. The van der Waals surface area contributed by atoms with Gasteiger partial charge in [-0.1, -0.05) is 60.7 Å². The molecule has 0 aromatic heterocycles. The molecule has 0 N–H and O–H groups in total. The number of rotatable bonds is 7. The summed E-state index contributed by atoms with van der Waals surface area (Å²) in [5.41, 5.74) is 5.73. The second-order valence-electron chi connectivity index (χ2n) is 18.5. The molecule has 4 nitrogen and oxygen atoms in total. The minimum Gasteiger partial charge on any atom is -0.497 e. The number of methoxy groups -OCH3 is 3. The molecule has 2 spiro atoms. The fourth-order valence-electron chi connectivity index (χ4n) is 16.5. The van der Waals surface area contributed by atoms with Gasteiger partial charge in [0.15, 0.2) is 0 Å². The number of ether oxygens (including phenoxy) is 3. The van der Waals surface area contributed by atoms with E-state index in [1.165, 1.54) is 164 Å². The standard InChI is InChI=1S/C54H28O4/c1-56-20-6-17-32(57-2)31(19-20)52(18-4-5-33(55)58-3)53-29-15-16-30-28-14-12-26-24-10-8-22-21-7-9-23-25-11-13-27(29)40-38(25)43-36(23)34(21)42-35(22)37(24)44-39(26)41(28)51(54(30,52)53)49-47(44)45(42)46(43)48(49)50(40)53/h6-17,19H,4-5,18H2,1-3H3. The van der Waals surface area contributed by atoms with Gasteiger partial charge in [-0.15, -0.1) is 0 Å². The van der Waals surface area contributed by atoms with Gasteiger partial charge in [-0.25, -0.2) is 0 Å². The molecule has 0 radical (unpaired) electrons. The molecule has 18 rings (SSSR count). The zero-order valence-corrected chi connectivity index (χ0v) is 31.8. The van der Waals surface area contributed by atoms with Crippen molar-refractivity contribution in [2.75, 3.05) is 21.3 Å². The number of carbonyl (C=O) groups is 1. The van der Waals surface area contributed by atoms with Gasteiger partial charge < -0.3 is 14.2 Å². The Morgan fingerprint density at radius 3 is 1.41 bits per heavy atom. The molecule has 0 aliphatic heterocycles. The van der Waals surface area contributed by atoms with E-state index in [1.807, 2.05) is 13.2 Å². The fraction of sp³-hybridized carbons (Fsp3) is 0.167. The lowest BCUT2D eigenvalue weighted by Crippen LogP contribution is -2.27. The quantitative estimate of drug-likeness (QED) is 0.121. The Morgan fingerprint density at radius 1 is 0.500 bits per heavy atom. The van der Waals surface area contributed by atoms with Crippen molar-refractivity contribution in [1.29, 1.82) is 0 Å². The first kappa shape index (κ1) is 27.9. The van der Waals surface area contributed by atoms with Crippen LogP contribution in [0.1, 0.15) is 36.0 Å². The van der Waals surface area contributed by atoms with Gasteiger partial charge >= 0.3 is 5.97 Å². The minimum atomic E-state index is -0.497. The molecule has 2 unspecified atom stereocenters. The molecular weight excluding hydrogens is 713 g/mol. The van der Waals surface area contributed by atoms with Gasteiger partial charge in [0.05, 0.1) is 21.3 Å². The average Bonchev–Trinajstić information content (AvgIpc) is 3.91. The van der Waals surface area contributed by atoms with Crippen LogP contribution in [-0.4, -0.2) is 27.3 Å². The first-order valence-electron chi connectivity index (χ1n) is 20.8. The number of esters is 1. The third kappa shape index (κ3) is 2.01. The van der Waals surface area contributed by atoms with E-state index in [0.29, 0.717) is 12.8 Å². The van der Waals surface area contributed by atoms with Crippen LogP contribution in [0, 0.1) is 0 Å². The summed E-state index contributed by atoms with van der Waals surface area (Å²) in [6.45, 7) is 0. The Labute approximate surface area is 327 Å². The van der Waals surface area contributed by atoms with Gasteiger partial charge in [-0.3, -0.25) is 4.79 Å². The highest BCUT2D eigenvalue weighted by atomic mass is 16.5.